The van der Waals surface area contributed by atoms with E-state index in [0.717, 1.165) is 0 Å². The van der Waals surface area contributed by atoms with E-state index in [-0.39, 0.29) is 36.2 Å². The molecule has 2 atom stereocenters. The maximum Gasteiger partial charge on any atom is 0.549 e. The second-order valence-electron chi connectivity index (χ2n) is 8.01. The average molecular weight is 508 g/mol. The maximum absolute atomic E-state index is 11.6. The Kier molecular flexibility index (Phi) is 7.25. The van der Waals surface area contributed by atoms with Crippen LogP contribution in [0.25, 0.3) is 0 Å². The molecule has 0 spiro atoms. The Hall–Kier alpha value is -4.64. The summed E-state index contributed by atoms with van der Waals surface area (Å²) in [6.07, 6.45) is 12.1. The molecule has 0 radical (unpaired) electrons. The van der Waals surface area contributed by atoms with Crippen molar-refractivity contribution in [1.29, 1.82) is 0 Å². The third kappa shape index (κ3) is 5.31. The van der Waals surface area contributed by atoms with Gasteiger partial charge in [-0.15, -0.1) is 0 Å². The summed E-state index contributed by atoms with van der Waals surface area (Å²) in [7, 11) is 0. The molecule has 2 aliphatic heterocycles. The highest BCUT2D eigenvalue weighted by Gasteiger charge is 2.53. The van der Waals surface area contributed by atoms with Gasteiger partial charge in [-0.25, -0.2) is 0 Å². The molecule has 192 valence electrons. The van der Waals surface area contributed by atoms with Crippen LogP contribution in [0.15, 0.2) is 85.0 Å². The molecule has 0 bridgehead atoms. The molecule has 2 unspecified atom stereocenters. The van der Waals surface area contributed by atoms with Gasteiger partial charge in [0.2, 0.25) is 0 Å². The first-order chi connectivity index (χ1) is 17.8. The second kappa shape index (κ2) is 10.5. The van der Waals surface area contributed by atoms with E-state index in [2.05, 4.69) is 0 Å². The van der Waals surface area contributed by atoms with Crippen LogP contribution in [0, 0.1) is 20.2 Å². The van der Waals surface area contributed by atoms with E-state index in [1.807, 2.05) is 0 Å². The lowest BCUT2D eigenvalue weighted by Gasteiger charge is -2.13. The number of allylic oxidation sites excluding steroid dienone is 6. The summed E-state index contributed by atoms with van der Waals surface area (Å²) in [5.41, 5.74) is 1.42. The third-order valence-electron chi connectivity index (χ3n) is 5.31. The van der Waals surface area contributed by atoms with Gasteiger partial charge in [0.05, 0.1) is 25.4 Å². The van der Waals surface area contributed by atoms with E-state index in [0.29, 0.717) is 11.1 Å². The Morgan fingerprint density at radius 2 is 1.11 bits per heavy atom. The molecule has 0 amide bonds. The Morgan fingerprint density at radius 3 is 1.49 bits per heavy atom. The average Bonchev–Trinajstić information content (AvgIpc) is 3.43. The van der Waals surface area contributed by atoms with Crippen LogP contribution in [0.5, 0.6) is 23.0 Å². The van der Waals surface area contributed by atoms with Gasteiger partial charge in [-0.1, -0.05) is 48.6 Å². The first-order valence-electron chi connectivity index (χ1n) is 11.3. The number of rotatable bonds is 10. The van der Waals surface area contributed by atoms with E-state index in [1.165, 1.54) is 24.3 Å². The minimum atomic E-state index is -2.13. The van der Waals surface area contributed by atoms with Crippen molar-refractivity contribution in [2.45, 2.75) is 38.9 Å². The minimum Gasteiger partial charge on any atom is -0.388 e. The van der Waals surface area contributed by atoms with Crippen LogP contribution in [0.3, 0.4) is 0 Å². The molecule has 37 heavy (non-hydrogen) atoms. The Bertz CT molecular complexity index is 1220. The van der Waals surface area contributed by atoms with E-state index in [4.69, 9.17) is 23.7 Å². The quantitative estimate of drug-likeness (QED) is 0.245. The van der Waals surface area contributed by atoms with Crippen molar-refractivity contribution in [3.63, 3.8) is 0 Å². The molecule has 2 aromatic rings. The molecule has 0 aromatic heterocycles. The second-order valence-corrected chi connectivity index (χ2v) is 8.01. The molecule has 11 nitrogen and oxygen atoms in total. The zero-order valence-corrected chi connectivity index (χ0v) is 20.1. The molecule has 11 heteroatoms. The summed E-state index contributed by atoms with van der Waals surface area (Å²) in [5, 5.41) is 23.2. The Labute approximate surface area is 212 Å². The van der Waals surface area contributed by atoms with Crippen LogP contribution in [0.2, 0.25) is 0 Å². The van der Waals surface area contributed by atoms with E-state index >= 15 is 0 Å². The number of ether oxygens (including phenoxy) is 5. The highest BCUT2D eigenvalue weighted by atomic mass is 16.8. The molecule has 4 rings (SSSR count). The van der Waals surface area contributed by atoms with Crippen molar-refractivity contribution in [3.05, 3.63) is 116 Å². The van der Waals surface area contributed by atoms with Crippen LogP contribution >= 0.6 is 0 Å². The van der Waals surface area contributed by atoms with Crippen molar-refractivity contribution in [2.75, 3.05) is 0 Å². The van der Waals surface area contributed by atoms with Gasteiger partial charge in [-0.05, 0) is 49.2 Å². The largest absolute Gasteiger partial charge is 0.549 e. The molecule has 2 aliphatic rings. The fourth-order valence-electron chi connectivity index (χ4n) is 3.55. The fourth-order valence-corrected chi connectivity index (χ4v) is 3.55. The van der Waals surface area contributed by atoms with Gasteiger partial charge in [0.1, 0.15) is 9.85 Å². The summed E-state index contributed by atoms with van der Waals surface area (Å²) in [6.45, 7) is 3.92. The number of hydrogen-bond acceptors (Lipinski definition) is 9. The van der Waals surface area contributed by atoms with Gasteiger partial charge >= 0.3 is 11.8 Å². The number of nitro groups is 2. The first-order valence-corrected chi connectivity index (χ1v) is 11.3. The highest BCUT2D eigenvalue weighted by molar-refractivity contribution is 5.47. The lowest BCUT2D eigenvalue weighted by atomic mass is 10.2. The number of benzene rings is 2. The van der Waals surface area contributed by atoms with Crippen LogP contribution in [0.4, 0.5) is 0 Å². The number of nitrogens with zero attached hydrogens (tertiary/aromatic N) is 2. The smallest absolute Gasteiger partial charge is 0.388 e. The fraction of sp³-hybridized carbons (Fsp3) is 0.231. The summed E-state index contributed by atoms with van der Waals surface area (Å²) < 4.78 is 27.8. The number of fused-ring (bicyclic) bond motifs is 2. The standard InChI is InChI=1S/C26H24N2O9/c1-3-5-7-13-25(27(29)30)34-21-11-9-19(15-23(21)36-25)17-33-18-20-10-12-22-24(16-20)37-26(35-22,28(31)32)14-8-6-4-2/h3-16H,17-18H2,1-2H3/b5-3+,6-4+,13-7+,14-8+. The predicted molar refractivity (Wildman–Crippen MR) is 131 cm³/mol. The highest BCUT2D eigenvalue weighted by Crippen LogP contribution is 2.42. The predicted octanol–water partition coefficient (Wildman–Crippen LogP) is 5.07. The molecule has 0 saturated carbocycles. The zero-order valence-electron chi connectivity index (χ0n) is 20.1. The minimum absolute atomic E-state index is 0.176. The van der Waals surface area contributed by atoms with Crippen molar-refractivity contribution >= 4 is 0 Å². The van der Waals surface area contributed by atoms with Gasteiger partial charge in [0, 0.05) is 0 Å². The van der Waals surface area contributed by atoms with Gasteiger partial charge < -0.3 is 23.7 Å². The van der Waals surface area contributed by atoms with Crippen LogP contribution in [-0.4, -0.2) is 21.7 Å². The molecular weight excluding hydrogens is 484 g/mol. The molecule has 0 fully saturated rings. The van der Waals surface area contributed by atoms with Crippen LogP contribution in [-0.2, 0) is 18.0 Å². The van der Waals surface area contributed by atoms with Crippen molar-refractivity contribution in [2.24, 2.45) is 0 Å². The lowest BCUT2D eigenvalue weighted by Crippen LogP contribution is -2.44. The van der Waals surface area contributed by atoms with Crippen LogP contribution in [0.1, 0.15) is 25.0 Å². The molecular formula is C26H24N2O9. The SMILES string of the molecule is C/C=C/C=C/C1([N+](=O)[O-])Oc2ccc(COCc3ccc4c(c3)OC(/C=C/C=C/C)([N+](=O)[O-])O4)cc2O1. The van der Waals surface area contributed by atoms with Crippen LogP contribution < -0.4 is 18.9 Å². The van der Waals surface area contributed by atoms with Crippen molar-refractivity contribution in [1.82, 2.24) is 0 Å². The van der Waals surface area contributed by atoms with Gasteiger partial charge in [-0.3, -0.25) is 20.2 Å². The number of hydrogen-bond donors (Lipinski definition) is 0. The molecule has 2 heterocycles. The Morgan fingerprint density at radius 1 is 0.703 bits per heavy atom. The van der Waals surface area contributed by atoms with Crippen molar-refractivity contribution < 1.29 is 33.5 Å². The van der Waals surface area contributed by atoms with Gasteiger partial charge in [0.25, 0.3) is 0 Å². The summed E-state index contributed by atoms with van der Waals surface area (Å²) >= 11 is 0. The normalized spacial score (nSPS) is 22.1. The summed E-state index contributed by atoms with van der Waals surface area (Å²) in [6, 6.07) is 9.84. The van der Waals surface area contributed by atoms with Gasteiger partial charge in [0.15, 0.2) is 23.0 Å². The van der Waals surface area contributed by atoms with E-state index < -0.39 is 21.7 Å². The van der Waals surface area contributed by atoms with Gasteiger partial charge in [-0.2, -0.15) is 0 Å². The first kappa shape index (κ1) is 25.5. The maximum atomic E-state index is 11.6. The van der Waals surface area contributed by atoms with E-state index in [9.17, 15) is 20.2 Å². The summed E-state index contributed by atoms with van der Waals surface area (Å²) in [4.78, 5) is 21.9. The molecule has 0 aliphatic carbocycles. The third-order valence-corrected chi connectivity index (χ3v) is 5.31. The van der Waals surface area contributed by atoms with Crippen molar-refractivity contribution in [3.8, 4) is 23.0 Å². The lowest BCUT2D eigenvalue weighted by molar-refractivity contribution is -0.641. The van der Waals surface area contributed by atoms with E-state index in [1.54, 1.807) is 74.5 Å². The molecule has 2 aromatic carbocycles. The Balaban J connectivity index is 1.39. The monoisotopic (exact) mass is 508 g/mol. The zero-order chi connectivity index (χ0) is 26.5. The molecule has 0 N–H and O–H groups in total. The summed E-state index contributed by atoms with van der Waals surface area (Å²) in [5.74, 6) is -3.30. The molecule has 0 saturated heterocycles. The topological polar surface area (TPSA) is 132 Å².